The van der Waals surface area contributed by atoms with Gasteiger partial charge < -0.3 is 10.5 Å². The van der Waals surface area contributed by atoms with E-state index < -0.39 is 0 Å². The Morgan fingerprint density at radius 1 is 1.00 bits per heavy atom. The van der Waals surface area contributed by atoms with Gasteiger partial charge in [-0.15, -0.1) is 0 Å². The van der Waals surface area contributed by atoms with Crippen LogP contribution in [0.3, 0.4) is 0 Å². The summed E-state index contributed by atoms with van der Waals surface area (Å²) in [4.78, 5) is 10.8. The number of amides is 1. The molecular weight excluding hydrogens is 226 g/mol. The summed E-state index contributed by atoms with van der Waals surface area (Å²) < 4.78 is 6.08. The first-order chi connectivity index (χ1) is 8.60. The summed E-state index contributed by atoms with van der Waals surface area (Å²) in [5, 5.41) is 0. The maximum Gasteiger partial charge on any atom is 0.219 e. The van der Waals surface area contributed by atoms with E-state index >= 15 is 0 Å². The summed E-state index contributed by atoms with van der Waals surface area (Å²) in [6.07, 6.45) is 9.54. The molecule has 0 unspecified atom stereocenters. The molecule has 3 nitrogen and oxygen atoms in total. The minimum absolute atomic E-state index is 0.0176. The van der Waals surface area contributed by atoms with Crippen LogP contribution in [0.4, 0.5) is 0 Å². The maximum absolute atomic E-state index is 10.8. The molecule has 0 bridgehead atoms. The van der Waals surface area contributed by atoms with Crippen molar-refractivity contribution in [3.05, 3.63) is 0 Å². The Kier molecular flexibility index (Phi) is 10.0. The maximum atomic E-state index is 10.8. The van der Waals surface area contributed by atoms with E-state index in [1.165, 1.54) is 25.7 Å². The standard InChI is InChI=1S/C15H31NO2/c1-4-7-11-15(10-6-3,12-8-5-2)18-13-9-14(16)17/h4-13H2,1-3H3,(H2,16,17). The van der Waals surface area contributed by atoms with Gasteiger partial charge in [-0.2, -0.15) is 0 Å². The topological polar surface area (TPSA) is 52.3 Å². The van der Waals surface area contributed by atoms with Gasteiger partial charge in [-0.3, -0.25) is 4.79 Å². The van der Waals surface area contributed by atoms with E-state index in [2.05, 4.69) is 20.8 Å². The summed E-state index contributed by atoms with van der Waals surface area (Å²) in [5.74, 6) is -0.272. The van der Waals surface area contributed by atoms with Crippen molar-refractivity contribution in [3.8, 4) is 0 Å². The van der Waals surface area contributed by atoms with Crippen molar-refractivity contribution < 1.29 is 9.53 Å². The van der Waals surface area contributed by atoms with E-state index in [1.807, 2.05) is 0 Å². The second kappa shape index (κ2) is 10.4. The smallest absolute Gasteiger partial charge is 0.219 e. The Balaban J connectivity index is 4.42. The molecule has 0 atom stereocenters. The molecule has 0 fully saturated rings. The summed E-state index contributed by atoms with van der Waals surface area (Å²) in [7, 11) is 0. The van der Waals surface area contributed by atoms with Crippen molar-refractivity contribution in [2.45, 2.75) is 84.2 Å². The van der Waals surface area contributed by atoms with E-state index in [1.54, 1.807) is 0 Å². The van der Waals surface area contributed by atoms with Crippen molar-refractivity contribution in [2.75, 3.05) is 6.61 Å². The molecule has 3 heteroatoms. The van der Waals surface area contributed by atoms with Crippen LogP contribution in [0.1, 0.15) is 78.6 Å². The van der Waals surface area contributed by atoms with Gasteiger partial charge >= 0.3 is 0 Å². The molecule has 0 aromatic rings. The van der Waals surface area contributed by atoms with Gasteiger partial charge in [0.2, 0.25) is 5.91 Å². The quantitative estimate of drug-likeness (QED) is 0.578. The van der Waals surface area contributed by atoms with Gasteiger partial charge in [0.1, 0.15) is 0 Å². The van der Waals surface area contributed by atoms with E-state index in [4.69, 9.17) is 10.5 Å². The van der Waals surface area contributed by atoms with Crippen molar-refractivity contribution >= 4 is 5.91 Å². The molecule has 18 heavy (non-hydrogen) atoms. The lowest BCUT2D eigenvalue weighted by molar-refractivity contribution is -0.122. The third-order valence-electron chi connectivity index (χ3n) is 3.43. The largest absolute Gasteiger partial charge is 0.374 e. The predicted octanol–water partition coefficient (Wildman–Crippen LogP) is 3.80. The zero-order valence-electron chi connectivity index (χ0n) is 12.5. The Morgan fingerprint density at radius 3 is 1.94 bits per heavy atom. The van der Waals surface area contributed by atoms with Crippen LogP contribution in [0.5, 0.6) is 0 Å². The van der Waals surface area contributed by atoms with Crippen LogP contribution in [0, 0.1) is 0 Å². The number of unbranched alkanes of at least 4 members (excludes halogenated alkanes) is 2. The molecule has 0 aromatic heterocycles. The Bertz CT molecular complexity index is 209. The molecule has 0 saturated heterocycles. The number of primary amides is 1. The van der Waals surface area contributed by atoms with Crippen LogP contribution in [0.2, 0.25) is 0 Å². The van der Waals surface area contributed by atoms with Crippen LogP contribution in [-0.2, 0) is 9.53 Å². The highest BCUT2D eigenvalue weighted by Gasteiger charge is 2.28. The summed E-state index contributed by atoms with van der Waals surface area (Å²) in [6.45, 7) is 7.09. The first-order valence-electron chi connectivity index (χ1n) is 7.52. The van der Waals surface area contributed by atoms with E-state index in [0.717, 1.165) is 25.7 Å². The summed E-state index contributed by atoms with van der Waals surface area (Å²) >= 11 is 0. The highest BCUT2D eigenvalue weighted by molar-refractivity contribution is 5.73. The highest BCUT2D eigenvalue weighted by Crippen LogP contribution is 2.31. The zero-order valence-corrected chi connectivity index (χ0v) is 12.5. The zero-order chi connectivity index (χ0) is 13.9. The molecule has 0 spiro atoms. The van der Waals surface area contributed by atoms with Gasteiger partial charge in [-0.1, -0.05) is 52.9 Å². The molecule has 0 aromatic carbocycles. The lowest BCUT2D eigenvalue weighted by Gasteiger charge is -2.34. The van der Waals surface area contributed by atoms with Crippen LogP contribution in [-0.4, -0.2) is 18.1 Å². The fourth-order valence-corrected chi connectivity index (χ4v) is 2.41. The van der Waals surface area contributed by atoms with Gasteiger partial charge in [-0.25, -0.2) is 0 Å². The average molecular weight is 257 g/mol. The predicted molar refractivity (Wildman–Crippen MR) is 76.5 cm³/mol. The normalized spacial score (nSPS) is 11.7. The first-order valence-corrected chi connectivity index (χ1v) is 7.52. The van der Waals surface area contributed by atoms with Gasteiger partial charge in [0.05, 0.1) is 12.2 Å². The molecular formula is C15H31NO2. The van der Waals surface area contributed by atoms with Crippen LogP contribution >= 0.6 is 0 Å². The number of nitrogens with two attached hydrogens (primary N) is 1. The van der Waals surface area contributed by atoms with Gasteiger partial charge in [0, 0.05) is 6.42 Å². The molecule has 0 rings (SSSR count). The number of carbonyl (C=O) groups is 1. The SMILES string of the molecule is CCCCC(CCC)(CCCC)OCCC(N)=O. The highest BCUT2D eigenvalue weighted by atomic mass is 16.5. The molecule has 0 heterocycles. The van der Waals surface area contributed by atoms with Crippen LogP contribution < -0.4 is 5.73 Å². The molecule has 2 N–H and O–H groups in total. The molecule has 0 aliphatic rings. The van der Waals surface area contributed by atoms with E-state index in [0.29, 0.717) is 13.0 Å². The van der Waals surface area contributed by atoms with Gasteiger partial charge in [0.25, 0.3) is 0 Å². The van der Waals surface area contributed by atoms with E-state index in [-0.39, 0.29) is 11.5 Å². The van der Waals surface area contributed by atoms with Crippen molar-refractivity contribution in [1.82, 2.24) is 0 Å². The fraction of sp³-hybridized carbons (Fsp3) is 0.933. The van der Waals surface area contributed by atoms with Crippen molar-refractivity contribution in [2.24, 2.45) is 5.73 Å². The monoisotopic (exact) mass is 257 g/mol. The second-order valence-corrected chi connectivity index (χ2v) is 5.20. The fourth-order valence-electron chi connectivity index (χ4n) is 2.41. The average Bonchev–Trinajstić information content (AvgIpc) is 2.33. The van der Waals surface area contributed by atoms with Crippen LogP contribution in [0.15, 0.2) is 0 Å². The minimum Gasteiger partial charge on any atom is -0.374 e. The van der Waals surface area contributed by atoms with Crippen molar-refractivity contribution in [1.29, 1.82) is 0 Å². The first kappa shape index (κ1) is 17.4. The molecule has 1 amide bonds. The Labute approximate surface area is 112 Å². The molecule has 0 aliphatic heterocycles. The number of hydrogen-bond acceptors (Lipinski definition) is 2. The summed E-state index contributed by atoms with van der Waals surface area (Å²) in [6, 6.07) is 0. The van der Waals surface area contributed by atoms with Gasteiger partial charge in [0.15, 0.2) is 0 Å². The number of hydrogen-bond donors (Lipinski definition) is 1. The number of ether oxygens (including phenoxy) is 1. The number of carbonyl (C=O) groups excluding carboxylic acids is 1. The molecule has 0 saturated carbocycles. The van der Waals surface area contributed by atoms with Gasteiger partial charge in [-0.05, 0) is 19.3 Å². The summed E-state index contributed by atoms with van der Waals surface area (Å²) in [5.41, 5.74) is 5.16. The lowest BCUT2D eigenvalue weighted by atomic mass is 9.86. The molecule has 0 radical (unpaired) electrons. The molecule has 0 aliphatic carbocycles. The second-order valence-electron chi connectivity index (χ2n) is 5.20. The third kappa shape index (κ3) is 7.70. The molecule has 108 valence electrons. The van der Waals surface area contributed by atoms with Crippen molar-refractivity contribution in [3.63, 3.8) is 0 Å². The van der Waals surface area contributed by atoms with Crippen LogP contribution in [0.25, 0.3) is 0 Å². The van der Waals surface area contributed by atoms with E-state index in [9.17, 15) is 4.79 Å². The minimum atomic E-state index is -0.272. The Morgan fingerprint density at radius 2 is 1.56 bits per heavy atom. The lowest BCUT2D eigenvalue weighted by Crippen LogP contribution is -2.34. The Hall–Kier alpha value is -0.570. The number of rotatable bonds is 12. The third-order valence-corrected chi connectivity index (χ3v) is 3.43.